The molecule has 3 heteroatoms. The van der Waals surface area contributed by atoms with Crippen LogP contribution in [0.5, 0.6) is 0 Å². The van der Waals surface area contributed by atoms with Crippen molar-refractivity contribution in [3.8, 4) is 0 Å². The lowest BCUT2D eigenvalue weighted by atomic mass is 9.54. The van der Waals surface area contributed by atoms with Crippen LogP contribution in [0.4, 0.5) is 4.79 Å². The fraction of sp³-hybridized carbons (Fsp3) is 0.682. The van der Waals surface area contributed by atoms with Gasteiger partial charge in [-0.1, -0.05) is 30.3 Å². The summed E-state index contributed by atoms with van der Waals surface area (Å²) in [4.78, 5) is 15.1. The molecule has 6 rings (SSSR count). The van der Waals surface area contributed by atoms with Gasteiger partial charge in [0.05, 0.1) is 0 Å². The molecule has 0 radical (unpaired) electrons. The Hall–Kier alpha value is -1.51. The second kappa shape index (κ2) is 6.34. The Balaban J connectivity index is 1.24. The first-order valence-electron chi connectivity index (χ1n) is 10.4. The Labute approximate surface area is 151 Å². The van der Waals surface area contributed by atoms with Crippen LogP contribution in [0.2, 0.25) is 0 Å². The number of likely N-dealkylation sites (tertiary alicyclic amines) is 1. The topological polar surface area (TPSA) is 32.3 Å². The zero-order valence-electron chi connectivity index (χ0n) is 15.1. The van der Waals surface area contributed by atoms with Crippen LogP contribution < -0.4 is 5.32 Å². The van der Waals surface area contributed by atoms with Gasteiger partial charge in [0.2, 0.25) is 0 Å². The van der Waals surface area contributed by atoms with Crippen LogP contribution in [0.3, 0.4) is 0 Å². The van der Waals surface area contributed by atoms with Crippen molar-refractivity contribution in [3.05, 3.63) is 35.9 Å². The maximum atomic E-state index is 13.0. The molecule has 134 valence electrons. The molecule has 1 aromatic carbocycles. The van der Waals surface area contributed by atoms with E-state index in [1.54, 1.807) is 0 Å². The van der Waals surface area contributed by atoms with Crippen LogP contribution in [-0.2, 0) is 0 Å². The third kappa shape index (κ3) is 2.96. The minimum atomic E-state index is 0.207. The Morgan fingerprint density at radius 1 is 0.960 bits per heavy atom. The van der Waals surface area contributed by atoms with Gasteiger partial charge in [0.15, 0.2) is 0 Å². The predicted molar refractivity (Wildman–Crippen MR) is 99.4 cm³/mol. The molecule has 3 nitrogen and oxygen atoms in total. The summed E-state index contributed by atoms with van der Waals surface area (Å²) in [6, 6.07) is 11.4. The van der Waals surface area contributed by atoms with Gasteiger partial charge in [-0.15, -0.1) is 0 Å². The van der Waals surface area contributed by atoms with Crippen molar-refractivity contribution in [2.24, 2.45) is 23.7 Å². The second-order valence-electron chi connectivity index (χ2n) is 9.10. The molecule has 1 saturated heterocycles. The highest BCUT2D eigenvalue weighted by molar-refractivity contribution is 5.75. The van der Waals surface area contributed by atoms with Crippen molar-refractivity contribution in [3.63, 3.8) is 0 Å². The highest BCUT2D eigenvalue weighted by Gasteiger charge is 2.48. The first kappa shape index (κ1) is 15.7. The van der Waals surface area contributed by atoms with Gasteiger partial charge in [0.25, 0.3) is 0 Å². The van der Waals surface area contributed by atoms with Gasteiger partial charge in [0.1, 0.15) is 0 Å². The fourth-order valence-corrected chi connectivity index (χ4v) is 6.55. The van der Waals surface area contributed by atoms with E-state index in [1.807, 2.05) is 0 Å². The van der Waals surface area contributed by atoms with E-state index < -0.39 is 0 Å². The lowest BCUT2D eigenvalue weighted by Gasteiger charge is -2.54. The van der Waals surface area contributed by atoms with Gasteiger partial charge in [-0.25, -0.2) is 4.79 Å². The van der Waals surface area contributed by atoms with Crippen molar-refractivity contribution >= 4 is 6.03 Å². The zero-order chi connectivity index (χ0) is 16.8. The van der Waals surface area contributed by atoms with E-state index in [0.717, 1.165) is 43.2 Å². The quantitative estimate of drug-likeness (QED) is 0.851. The molecule has 4 bridgehead atoms. The number of carbonyl (C=O) groups is 1. The summed E-state index contributed by atoms with van der Waals surface area (Å²) in [5.74, 6) is 3.95. The summed E-state index contributed by atoms with van der Waals surface area (Å²) in [7, 11) is 0. The highest BCUT2D eigenvalue weighted by atomic mass is 16.2. The molecule has 1 aliphatic heterocycles. The van der Waals surface area contributed by atoms with Crippen LogP contribution in [0.15, 0.2) is 30.3 Å². The molecule has 25 heavy (non-hydrogen) atoms. The van der Waals surface area contributed by atoms with Crippen LogP contribution in [0.1, 0.15) is 56.4 Å². The standard InChI is InChI=1S/C22H30N2O/c25-22(23-21-19-10-15-9-16(12-19)13-20(21)11-15)24-8-4-7-18(14-24)17-5-2-1-3-6-17/h1-3,5-6,15-16,18-21H,4,7-14H2,(H,23,25). The highest BCUT2D eigenvalue weighted by Crippen LogP contribution is 2.53. The second-order valence-corrected chi connectivity index (χ2v) is 9.10. The summed E-state index contributed by atoms with van der Waals surface area (Å²) in [5.41, 5.74) is 1.38. The molecule has 0 aromatic heterocycles. The molecule has 0 spiro atoms. The Bertz CT molecular complexity index is 600. The van der Waals surface area contributed by atoms with E-state index in [9.17, 15) is 4.79 Å². The Kier molecular flexibility index (Phi) is 3.98. The Morgan fingerprint density at radius 2 is 1.64 bits per heavy atom. The number of rotatable bonds is 2. The van der Waals surface area contributed by atoms with Crippen LogP contribution in [-0.4, -0.2) is 30.1 Å². The average molecular weight is 338 g/mol. The average Bonchev–Trinajstić information content (AvgIpc) is 2.65. The van der Waals surface area contributed by atoms with Crippen molar-refractivity contribution < 1.29 is 4.79 Å². The summed E-state index contributed by atoms with van der Waals surface area (Å²) >= 11 is 0. The number of amides is 2. The van der Waals surface area contributed by atoms with Crippen LogP contribution in [0, 0.1) is 23.7 Å². The summed E-state index contributed by atoms with van der Waals surface area (Å²) < 4.78 is 0. The zero-order valence-corrected chi connectivity index (χ0v) is 15.1. The molecular weight excluding hydrogens is 308 g/mol. The van der Waals surface area contributed by atoms with Gasteiger partial charge >= 0.3 is 6.03 Å². The van der Waals surface area contributed by atoms with Crippen molar-refractivity contribution in [2.45, 2.75) is 56.9 Å². The number of hydrogen-bond acceptors (Lipinski definition) is 1. The van der Waals surface area contributed by atoms with Crippen molar-refractivity contribution in [1.82, 2.24) is 10.2 Å². The minimum absolute atomic E-state index is 0.207. The largest absolute Gasteiger partial charge is 0.335 e. The van der Waals surface area contributed by atoms with Crippen molar-refractivity contribution in [1.29, 1.82) is 0 Å². The number of nitrogens with one attached hydrogen (secondary N) is 1. The number of urea groups is 1. The summed E-state index contributed by atoms with van der Waals surface area (Å²) in [6.45, 7) is 1.80. The molecule has 4 aliphatic carbocycles. The summed E-state index contributed by atoms with van der Waals surface area (Å²) in [6.07, 6.45) is 9.25. The number of piperidine rings is 1. The van der Waals surface area contributed by atoms with Gasteiger partial charge in [-0.05, 0) is 74.2 Å². The lowest BCUT2D eigenvalue weighted by Crippen LogP contribution is -2.58. The third-order valence-corrected chi connectivity index (χ3v) is 7.50. The molecule has 1 atom stereocenters. The maximum absolute atomic E-state index is 13.0. The molecule has 1 aromatic rings. The molecule has 1 unspecified atom stereocenters. The van der Waals surface area contributed by atoms with Gasteiger partial charge in [0, 0.05) is 25.0 Å². The summed E-state index contributed by atoms with van der Waals surface area (Å²) in [5, 5.41) is 3.49. The van der Waals surface area contributed by atoms with E-state index >= 15 is 0 Å². The smallest absolute Gasteiger partial charge is 0.317 e. The van der Waals surface area contributed by atoms with Crippen LogP contribution in [0.25, 0.3) is 0 Å². The van der Waals surface area contributed by atoms with Gasteiger partial charge in [-0.3, -0.25) is 0 Å². The van der Waals surface area contributed by atoms with Gasteiger partial charge < -0.3 is 10.2 Å². The number of carbonyl (C=O) groups excluding carboxylic acids is 1. The molecule has 5 aliphatic rings. The normalized spacial score (nSPS) is 39.4. The van der Waals surface area contributed by atoms with Crippen molar-refractivity contribution in [2.75, 3.05) is 13.1 Å². The fourth-order valence-electron chi connectivity index (χ4n) is 6.55. The Morgan fingerprint density at radius 3 is 2.32 bits per heavy atom. The first-order valence-corrected chi connectivity index (χ1v) is 10.4. The SMILES string of the molecule is O=C(NC1C2CC3CC(C2)CC1C3)N1CCCC(c2ccccc2)C1. The van der Waals surface area contributed by atoms with E-state index in [-0.39, 0.29) is 6.03 Å². The van der Waals surface area contributed by atoms with Crippen LogP contribution >= 0.6 is 0 Å². The monoisotopic (exact) mass is 338 g/mol. The molecule has 5 fully saturated rings. The maximum Gasteiger partial charge on any atom is 0.317 e. The lowest BCUT2D eigenvalue weighted by molar-refractivity contribution is -0.0113. The predicted octanol–water partition coefficient (Wildman–Crippen LogP) is 4.40. The molecule has 1 N–H and O–H groups in total. The van der Waals surface area contributed by atoms with Gasteiger partial charge in [-0.2, -0.15) is 0 Å². The third-order valence-electron chi connectivity index (χ3n) is 7.50. The number of nitrogens with zero attached hydrogens (tertiary/aromatic N) is 1. The molecule has 4 saturated carbocycles. The van der Waals surface area contributed by atoms with E-state index in [1.165, 1.54) is 44.1 Å². The van der Waals surface area contributed by atoms with E-state index in [0.29, 0.717) is 12.0 Å². The molecule has 2 amide bonds. The number of hydrogen-bond donors (Lipinski definition) is 1. The van der Waals surface area contributed by atoms with E-state index in [2.05, 4.69) is 40.5 Å². The molecule has 1 heterocycles. The first-order chi connectivity index (χ1) is 12.3. The molecular formula is C22H30N2O. The van der Waals surface area contributed by atoms with E-state index in [4.69, 9.17) is 0 Å². The number of benzene rings is 1. The minimum Gasteiger partial charge on any atom is -0.335 e.